The number of halogens is 3. The fourth-order valence-corrected chi connectivity index (χ4v) is 6.57. The lowest BCUT2D eigenvalue weighted by Gasteiger charge is -2.50. The van der Waals surface area contributed by atoms with Crippen LogP contribution in [-0.2, 0) is 17.7 Å². The van der Waals surface area contributed by atoms with Crippen LogP contribution in [0.2, 0.25) is 0 Å². The van der Waals surface area contributed by atoms with E-state index in [4.69, 9.17) is 0 Å². The first-order valence-corrected chi connectivity index (χ1v) is 12.6. The summed E-state index contributed by atoms with van der Waals surface area (Å²) in [4.78, 5) is 29.3. The molecule has 3 aliphatic rings. The molecule has 1 amide bonds. The largest absolute Gasteiger partial charge is 0.456 e. The zero-order chi connectivity index (χ0) is 25.9. The molecule has 1 saturated heterocycles. The van der Waals surface area contributed by atoms with Crippen LogP contribution in [0.25, 0.3) is 0 Å². The van der Waals surface area contributed by atoms with Gasteiger partial charge in [-0.15, -0.1) is 0 Å². The third-order valence-corrected chi connectivity index (χ3v) is 8.62. The maximum absolute atomic E-state index is 13.3. The first-order chi connectivity index (χ1) is 17.0. The number of hydrogen-bond donors (Lipinski definition) is 1. The number of Topliss-reactive ketones (excluding diaryl/α,β-unsaturated/α-hetero) is 1. The number of nitrogens with zero attached hydrogens (tertiary/aromatic N) is 3. The minimum Gasteiger partial charge on any atom is -0.385 e. The molecule has 5 rings (SSSR count). The maximum Gasteiger partial charge on any atom is 0.456 e. The minimum atomic E-state index is -4.91. The van der Waals surface area contributed by atoms with Crippen molar-refractivity contribution in [2.45, 2.75) is 69.3 Å². The number of alkyl halides is 3. The van der Waals surface area contributed by atoms with Crippen molar-refractivity contribution in [2.75, 3.05) is 26.7 Å². The van der Waals surface area contributed by atoms with E-state index in [0.29, 0.717) is 50.3 Å². The van der Waals surface area contributed by atoms with E-state index in [9.17, 15) is 27.9 Å². The molecule has 2 aliphatic heterocycles. The van der Waals surface area contributed by atoms with Gasteiger partial charge in [-0.3, -0.25) is 14.5 Å². The van der Waals surface area contributed by atoms with Crippen LogP contribution in [0, 0.1) is 6.92 Å². The quantitative estimate of drug-likeness (QED) is 0.618. The highest BCUT2D eigenvalue weighted by molar-refractivity contribution is 5.99. The first-order valence-electron chi connectivity index (χ1n) is 12.6. The Morgan fingerprint density at radius 3 is 2.25 bits per heavy atom. The summed E-state index contributed by atoms with van der Waals surface area (Å²) in [7, 11) is 1.95. The number of aryl methyl sites for hydroxylation is 1. The van der Waals surface area contributed by atoms with Crippen molar-refractivity contribution in [3.63, 3.8) is 0 Å². The van der Waals surface area contributed by atoms with E-state index in [1.807, 2.05) is 26.1 Å². The molecular weight excluding hydrogens is 471 g/mol. The van der Waals surface area contributed by atoms with Crippen molar-refractivity contribution in [3.05, 3.63) is 58.4 Å². The molecule has 0 atom stereocenters. The highest BCUT2D eigenvalue weighted by Crippen LogP contribution is 2.43. The van der Waals surface area contributed by atoms with Gasteiger partial charge in [-0.1, -0.05) is 18.9 Å². The SMILES string of the molecule is Cc1cc(C(=O)N2CCC3(CC2)c2ccc(C(=O)C(F)(F)F)n2CCN3C)ccc1C1(O)CCCC1.[HH]. The molecule has 36 heavy (non-hydrogen) atoms. The zero-order valence-corrected chi connectivity index (χ0v) is 20.7. The number of fused-ring (bicyclic) bond motifs is 2. The van der Waals surface area contributed by atoms with Crippen molar-refractivity contribution in [1.82, 2.24) is 14.4 Å². The van der Waals surface area contributed by atoms with Crippen molar-refractivity contribution >= 4 is 11.7 Å². The van der Waals surface area contributed by atoms with E-state index < -0.39 is 23.1 Å². The topological polar surface area (TPSA) is 65.8 Å². The van der Waals surface area contributed by atoms with Gasteiger partial charge in [0, 0.05) is 38.9 Å². The number of benzene rings is 1. The predicted octanol–water partition coefficient (Wildman–Crippen LogP) is 4.63. The van der Waals surface area contributed by atoms with Gasteiger partial charge < -0.3 is 14.6 Å². The standard InChI is InChI=1S/C27H32F3N3O3.H2/c1-18-17-19(5-6-20(18)26(36)9-3-4-10-26)24(35)32-13-11-25(12-14-32)22-8-7-21(23(34)27(28,29)30)33(22)16-15-31(25)2;/h5-8,17,36H,3-4,9-16H2,1-2H3;1H. The second-order valence-corrected chi connectivity index (χ2v) is 10.6. The number of aliphatic hydroxyl groups is 1. The highest BCUT2D eigenvalue weighted by Gasteiger charge is 2.48. The Morgan fingerprint density at radius 2 is 1.64 bits per heavy atom. The third-order valence-electron chi connectivity index (χ3n) is 8.62. The van der Waals surface area contributed by atoms with Crippen LogP contribution in [0.1, 0.15) is 77.6 Å². The molecule has 0 bridgehead atoms. The fraction of sp³-hybridized carbons (Fsp3) is 0.556. The van der Waals surface area contributed by atoms with E-state index in [0.717, 1.165) is 36.8 Å². The summed E-state index contributed by atoms with van der Waals surface area (Å²) in [6, 6.07) is 8.44. The monoisotopic (exact) mass is 505 g/mol. The summed E-state index contributed by atoms with van der Waals surface area (Å²) in [5.74, 6) is -1.90. The van der Waals surface area contributed by atoms with Gasteiger partial charge in [0.25, 0.3) is 11.7 Å². The Hall–Kier alpha value is -2.65. The molecule has 196 valence electrons. The van der Waals surface area contributed by atoms with Crippen LogP contribution in [0.4, 0.5) is 13.2 Å². The first kappa shape index (κ1) is 25.0. The summed E-state index contributed by atoms with van der Waals surface area (Å²) in [5.41, 5.74) is 1.44. The Bertz CT molecular complexity index is 1200. The molecule has 0 unspecified atom stereocenters. The maximum atomic E-state index is 13.3. The van der Waals surface area contributed by atoms with Gasteiger partial charge in [0.15, 0.2) is 0 Å². The number of likely N-dealkylation sites (tertiary alicyclic amines) is 1. The van der Waals surface area contributed by atoms with E-state index in [2.05, 4.69) is 4.90 Å². The molecule has 1 aromatic carbocycles. The third kappa shape index (κ3) is 3.96. The lowest BCUT2D eigenvalue weighted by molar-refractivity contribution is -0.0892. The second kappa shape index (κ2) is 8.73. The Balaban J connectivity index is 0.00000320. The number of carbonyl (C=O) groups is 2. The molecule has 2 aromatic rings. The molecule has 2 fully saturated rings. The Morgan fingerprint density at radius 1 is 0.972 bits per heavy atom. The van der Waals surface area contributed by atoms with E-state index in [1.165, 1.54) is 10.6 Å². The Labute approximate surface area is 210 Å². The number of hydrogen-bond acceptors (Lipinski definition) is 4. The number of aromatic nitrogens is 1. The lowest BCUT2D eigenvalue weighted by atomic mass is 9.81. The summed E-state index contributed by atoms with van der Waals surface area (Å²) >= 11 is 0. The van der Waals surface area contributed by atoms with Gasteiger partial charge in [0.2, 0.25) is 0 Å². The van der Waals surface area contributed by atoms with Crippen LogP contribution < -0.4 is 0 Å². The molecule has 1 N–H and O–H groups in total. The number of piperidine rings is 1. The summed E-state index contributed by atoms with van der Waals surface area (Å²) in [6.45, 7) is 3.69. The molecule has 0 radical (unpaired) electrons. The predicted molar refractivity (Wildman–Crippen MR) is 130 cm³/mol. The summed E-state index contributed by atoms with van der Waals surface area (Å²) in [5, 5.41) is 11.0. The normalized spacial score (nSPS) is 21.6. The number of carbonyl (C=O) groups excluding carboxylic acids is 2. The fourth-order valence-electron chi connectivity index (χ4n) is 6.57. The van der Waals surface area contributed by atoms with Crippen LogP contribution in [0.15, 0.2) is 30.3 Å². The summed E-state index contributed by atoms with van der Waals surface area (Å²) < 4.78 is 40.9. The molecule has 1 saturated carbocycles. The van der Waals surface area contributed by atoms with Crippen molar-refractivity contribution in [3.8, 4) is 0 Å². The zero-order valence-electron chi connectivity index (χ0n) is 20.7. The van der Waals surface area contributed by atoms with Crippen molar-refractivity contribution in [1.29, 1.82) is 0 Å². The Kier molecular flexibility index (Phi) is 6.07. The smallest absolute Gasteiger partial charge is 0.385 e. The van der Waals surface area contributed by atoms with Crippen LogP contribution in [0.5, 0.6) is 0 Å². The molecule has 1 aliphatic carbocycles. The number of amides is 1. The van der Waals surface area contributed by atoms with Crippen LogP contribution in [0.3, 0.4) is 0 Å². The van der Waals surface area contributed by atoms with Gasteiger partial charge in [0.1, 0.15) is 0 Å². The van der Waals surface area contributed by atoms with E-state index >= 15 is 0 Å². The van der Waals surface area contributed by atoms with E-state index in [-0.39, 0.29) is 13.0 Å². The molecule has 3 heterocycles. The van der Waals surface area contributed by atoms with Gasteiger partial charge in [0.05, 0.1) is 16.8 Å². The molecule has 1 spiro atoms. The molecule has 1 aromatic heterocycles. The highest BCUT2D eigenvalue weighted by atomic mass is 19.4. The average molecular weight is 506 g/mol. The van der Waals surface area contributed by atoms with Crippen molar-refractivity contribution < 1.29 is 29.3 Å². The van der Waals surface area contributed by atoms with Gasteiger partial charge >= 0.3 is 6.18 Å². The number of rotatable bonds is 3. The second-order valence-electron chi connectivity index (χ2n) is 10.6. The number of ketones is 1. The average Bonchev–Trinajstić information content (AvgIpc) is 3.48. The number of likely N-dealkylation sites (N-methyl/N-ethyl adjacent to an activating group) is 1. The van der Waals surface area contributed by atoms with Gasteiger partial charge in [-0.25, -0.2) is 0 Å². The minimum absolute atomic E-state index is 0. The molecular formula is C27H34F3N3O3. The lowest BCUT2D eigenvalue weighted by Crippen LogP contribution is -2.56. The van der Waals surface area contributed by atoms with Gasteiger partial charge in [-0.2, -0.15) is 13.2 Å². The van der Waals surface area contributed by atoms with Gasteiger partial charge in [-0.05, 0) is 75.0 Å². The van der Waals surface area contributed by atoms with Crippen LogP contribution >= 0.6 is 0 Å². The summed E-state index contributed by atoms with van der Waals surface area (Å²) in [6.07, 6.45) is -0.318. The van der Waals surface area contributed by atoms with Crippen molar-refractivity contribution in [2.24, 2.45) is 0 Å². The molecule has 6 nitrogen and oxygen atoms in total. The van der Waals surface area contributed by atoms with Crippen LogP contribution in [-0.4, -0.2) is 64.0 Å². The van der Waals surface area contributed by atoms with E-state index in [1.54, 1.807) is 17.0 Å². The molecule has 9 heteroatoms.